The molecule has 5 nitrogen and oxygen atoms in total. The fraction of sp³-hybridized carbons (Fsp3) is 0.333. The van der Waals surface area contributed by atoms with Gasteiger partial charge < -0.3 is 15.4 Å². The zero-order valence-corrected chi connectivity index (χ0v) is 8.05. The first-order valence-corrected chi connectivity index (χ1v) is 4.80. The molecule has 1 aromatic rings. The van der Waals surface area contributed by atoms with Crippen LogP contribution in [0, 0.1) is 0 Å². The maximum absolute atomic E-state index is 11.5. The Bertz CT molecular complexity index is 379. The lowest BCUT2D eigenvalue weighted by atomic mass is 9.80. The Hall–Kier alpha value is -1.40. The van der Waals surface area contributed by atoms with Crippen LogP contribution in [-0.4, -0.2) is 34.1 Å². The molecule has 0 aliphatic heterocycles. The number of nitrogens with zero attached hydrogens (tertiary/aromatic N) is 1. The van der Waals surface area contributed by atoms with Crippen molar-refractivity contribution in [2.45, 2.75) is 18.9 Å². The molecular formula is C9H11BN2O3. The first-order chi connectivity index (χ1) is 7.16. The van der Waals surface area contributed by atoms with Crippen molar-refractivity contribution in [3.8, 4) is 0 Å². The molecule has 1 saturated carbocycles. The molecule has 0 unspecified atom stereocenters. The molecule has 2 rings (SSSR count). The minimum atomic E-state index is -1.57. The van der Waals surface area contributed by atoms with Crippen LogP contribution in [-0.2, 0) is 0 Å². The highest BCUT2D eigenvalue weighted by Gasteiger charge is 2.24. The Morgan fingerprint density at radius 1 is 1.53 bits per heavy atom. The fourth-order valence-electron chi connectivity index (χ4n) is 1.22. The van der Waals surface area contributed by atoms with Gasteiger partial charge in [0.15, 0.2) is 0 Å². The summed E-state index contributed by atoms with van der Waals surface area (Å²) < 4.78 is 0. The molecule has 78 valence electrons. The molecule has 0 radical (unpaired) electrons. The Labute approximate surface area is 87.3 Å². The summed E-state index contributed by atoms with van der Waals surface area (Å²) in [5.74, 6) is -0.264. The number of hydrogen-bond acceptors (Lipinski definition) is 4. The van der Waals surface area contributed by atoms with Gasteiger partial charge in [-0.15, -0.1) is 0 Å². The summed E-state index contributed by atoms with van der Waals surface area (Å²) in [4.78, 5) is 15.4. The van der Waals surface area contributed by atoms with Gasteiger partial charge in [0.25, 0.3) is 5.91 Å². The number of pyridine rings is 1. The molecule has 0 spiro atoms. The first kappa shape index (κ1) is 10.1. The van der Waals surface area contributed by atoms with Gasteiger partial charge in [-0.2, -0.15) is 0 Å². The summed E-state index contributed by atoms with van der Waals surface area (Å²) in [5, 5.41) is 20.6. The quantitative estimate of drug-likeness (QED) is 0.534. The van der Waals surface area contributed by atoms with E-state index in [2.05, 4.69) is 10.3 Å². The van der Waals surface area contributed by atoms with E-state index in [1.165, 1.54) is 18.3 Å². The molecule has 0 aromatic carbocycles. The van der Waals surface area contributed by atoms with Crippen LogP contribution in [0.2, 0.25) is 0 Å². The summed E-state index contributed by atoms with van der Waals surface area (Å²) in [6, 6.07) is 3.10. The average Bonchev–Trinajstić information content (AvgIpc) is 3.02. The topological polar surface area (TPSA) is 82.5 Å². The van der Waals surface area contributed by atoms with Crippen molar-refractivity contribution in [1.82, 2.24) is 10.3 Å². The minimum Gasteiger partial charge on any atom is -0.423 e. The van der Waals surface area contributed by atoms with E-state index in [1.54, 1.807) is 0 Å². The van der Waals surface area contributed by atoms with E-state index in [9.17, 15) is 4.79 Å². The third-order valence-corrected chi connectivity index (χ3v) is 2.23. The maximum Gasteiger partial charge on any atom is 0.488 e. The van der Waals surface area contributed by atoms with Crippen LogP contribution < -0.4 is 10.8 Å². The Morgan fingerprint density at radius 3 is 2.87 bits per heavy atom. The average molecular weight is 206 g/mol. The third-order valence-electron chi connectivity index (χ3n) is 2.23. The van der Waals surface area contributed by atoms with Gasteiger partial charge in [-0.3, -0.25) is 9.78 Å². The van der Waals surface area contributed by atoms with Crippen LogP contribution in [0.5, 0.6) is 0 Å². The summed E-state index contributed by atoms with van der Waals surface area (Å²) in [7, 11) is -1.57. The molecule has 0 saturated heterocycles. The largest absolute Gasteiger partial charge is 0.488 e. The monoisotopic (exact) mass is 206 g/mol. The lowest BCUT2D eigenvalue weighted by Crippen LogP contribution is -2.33. The molecule has 0 atom stereocenters. The number of hydrogen-bond donors (Lipinski definition) is 3. The molecule has 1 aliphatic rings. The second-order valence-corrected chi connectivity index (χ2v) is 3.60. The maximum atomic E-state index is 11.5. The summed E-state index contributed by atoms with van der Waals surface area (Å²) in [6.07, 6.45) is 3.40. The minimum absolute atomic E-state index is 0.215. The fourth-order valence-corrected chi connectivity index (χ4v) is 1.22. The Balaban J connectivity index is 2.12. The molecule has 0 bridgehead atoms. The molecule has 1 aliphatic carbocycles. The van der Waals surface area contributed by atoms with E-state index in [1.807, 2.05) is 0 Å². The van der Waals surface area contributed by atoms with Gasteiger partial charge in [-0.25, -0.2) is 0 Å². The van der Waals surface area contributed by atoms with Crippen molar-refractivity contribution in [3.05, 3.63) is 24.0 Å². The molecule has 1 aromatic heterocycles. The molecule has 3 N–H and O–H groups in total. The zero-order chi connectivity index (χ0) is 10.8. The van der Waals surface area contributed by atoms with Gasteiger partial charge in [0.1, 0.15) is 5.69 Å². The second kappa shape index (κ2) is 4.00. The standard InChI is InChI=1S/C9H11BN2O3/c13-9(12-7-1-2-7)8-5-6(10(14)15)3-4-11-8/h3-5,7,14-15H,1-2H2,(H,12,13). The smallest absolute Gasteiger partial charge is 0.423 e. The summed E-state index contributed by atoms with van der Waals surface area (Å²) >= 11 is 0. The normalized spacial score (nSPS) is 14.8. The number of carbonyl (C=O) groups is 1. The van der Waals surface area contributed by atoms with Gasteiger partial charge in [0.05, 0.1) is 0 Å². The highest BCUT2D eigenvalue weighted by Crippen LogP contribution is 2.18. The van der Waals surface area contributed by atoms with E-state index < -0.39 is 7.12 Å². The highest BCUT2D eigenvalue weighted by atomic mass is 16.4. The van der Waals surface area contributed by atoms with Crippen LogP contribution in [0.15, 0.2) is 18.3 Å². The lowest BCUT2D eigenvalue weighted by molar-refractivity contribution is 0.0946. The third kappa shape index (κ3) is 2.54. The molecule has 1 fully saturated rings. The van der Waals surface area contributed by atoms with Crippen LogP contribution >= 0.6 is 0 Å². The van der Waals surface area contributed by atoms with E-state index in [-0.39, 0.29) is 23.1 Å². The number of nitrogens with one attached hydrogen (secondary N) is 1. The molecule has 6 heteroatoms. The highest BCUT2D eigenvalue weighted by molar-refractivity contribution is 6.58. The van der Waals surface area contributed by atoms with Crippen LogP contribution in [0.4, 0.5) is 0 Å². The van der Waals surface area contributed by atoms with Crippen molar-refractivity contribution in [2.75, 3.05) is 0 Å². The number of carbonyl (C=O) groups excluding carboxylic acids is 1. The number of amides is 1. The van der Waals surface area contributed by atoms with Gasteiger partial charge in [0.2, 0.25) is 0 Å². The van der Waals surface area contributed by atoms with Crippen LogP contribution in [0.25, 0.3) is 0 Å². The first-order valence-electron chi connectivity index (χ1n) is 4.80. The number of aromatic nitrogens is 1. The van der Waals surface area contributed by atoms with Gasteiger partial charge in [-0.05, 0) is 30.4 Å². The molecule has 1 heterocycles. The molecule has 15 heavy (non-hydrogen) atoms. The summed E-state index contributed by atoms with van der Waals surface area (Å²) in [6.45, 7) is 0. The SMILES string of the molecule is O=C(NC1CC1)c1cc(B(O)O)ccn1. The lowest BCUT2D eigenvalue weighted by Gasteiger charge is -2.04. The Kier molecular flexibility index (Phi) is 2.70. The van der Waals surface area contributed by atoms with Crippen LogP contribution in [0.1, 0.15) is 23.3 Å². The van der Waals surface area contributed by atoms with Crippen molar-refractivity contribution in [2.24, 2.45) is 0 Å². The Morgan fingerprint density at radius 2 is 2.27 bits per heavy atom. The second-order valence-electron chi connectivity index (χ2n) is 3.60. The van der Waals surface area contributed by atoms with E-state index in [0.717, 1.165) is 12.8 Å². The number of rotatable bonds is 3. The van der Waals surface area contributed by atoms with Crippen molar-refractivity contribution in [3.63, 3.8) is 0 Å². The van der Waals surface area contributed by atoms with Crippen molar-refractivity contribution < 1.29 is 14.8 Å². The predicted octanol–water partition coefficient (Wildman–Crippen LogP) is -1.35. The van der Waals surface area contributed by atoms with Crippen molar-refractivity contribution in [1.29, 1.82) is 0 Å². The van der Waals surface area contributed by atoms with Crippen molar-refractivity contribution >= 4 is 18.5 Å². The van der Waals surface area contributed by atoms with Crippen LogP contribution in [0.3, 0.4) is 0 Å². The van der Waals surface area contributed by atoms with Gasteiger partial charge >= 0.3 is 7.12 Å². The predicted molar refractivity (Wildman–Crippen MR) is 54.6 cm³/mol. The summed E-state index contributed by atoms with van der Waals surface area (Å²) in [5.41, 5.74) is 0.485. The zero-order valence-electron chi connectivity index (χ0n) is 8.05. The van der Waals surface area contributed by atoms with E-state index >= 15 is 0 Å². The van der Waals surface area contributed by atoms with E-state index in [4.69, 9.17) is 10.0 Å². The molecule has 1 amide bonds. The van der Waals surface area contributed by atoms with Gasteiger partial charge in [-0.1, -0.05) is 0 Å². The van der Waals surface area contributed by atoms with Gasteiger partial charge in [0, 0.05) is 12.2 Å². The molecular weight excluding hydrogens is 195 g/mol. The van der Waals surface area contributed by atoms with E-state index in [0.29, 0.717) is 0 Å².